The summed E-state index contributed by atoms with van der Waals surface area (Å²) in [6, 6.07) is 3.60. The van der Waals surface area contributed by atoms with Crippen LogP contribution in [-0.2, 0) is 17.6 Å². The number of anilines is 1. The number of nitrogens with one attached hydrogen (secondary N) is 1. The topological polar surface area (TPSA) is 49.4 Å². The van der Waals surface area contributed by atoms with Gasteiger partial charge in [0.25, 0.3) is 5.91 Å². The molecule has 0 bridgehead atoms. The fourth-order valence-electron chi connectivity index (χ4n) is 3.47. The molecular weight excluding hydrogens is 401 g/mol. The van der Waals surface area contributed by atoms with Crippen LogP contribution >= 0.6 is 11.3 Å². The highest BCUT2D eigenvalue weighted by molar-refractivity contribution is 7.14. The molecule has 0 saturated carbocycles. The van der Waals surface area contributed by atoms with Crippen molar-refractivity contribution in [3.8, 4) is 0 Å². The van der Waals surface area contributed by atoms with Gasteiger partial charge in [-0.1, -0.05) is 13.8 Å². The van der Waals surface area contributed by atoms with E-state index in [-0.39, 0.29) is 12.5 Å². The molecule has 3 rings (SSSR count). The molecule has 1 atom stereocenters. The summed E-state index contributed by atoms with van der Waals surface area (Å²) in [6.07, 6.45) is 3.64. The van der Waals surface area contributed by atoms with Gasteiger partial charge in [0, 0.05) is 11.4 Å². The number of carbonyl (C=O) groups is 2. The first-order valence-electron chi connectivity index (χ1n) is 9.64. The normalized spacial score (nSPS) is 15.7. The number of hydrogen-bond donors (Lipinski definition) is 1. The SMILES string of the molecule is CCCN(CC(=O)Nc1ccc(F)c(F)c1F)C(=O)c1cc2c(s1)CCC(C)C2. The van der Waals surface area contributed by atoms with Crippen molar-refractivity contribution in [3.05, 3.63) is 51.0 Å². The first-order valence-corrected chi connectivity index (χ1v) is 10.5. The van der Waals surface area contributed by atoms with Gasteiger partial charge in [-0.2, -0.15) is 0 Å². The fraction of sp³-hybridized carbons (Fsp3) is 0.429. The van der Waals surface area contributed by atoms with E-state index in [2.05, 4.69) is 12.2 Å². The smallest absolute Gasteiger partial charge is 0.264 e. The van der Waals surface area contributed by atoms with Crippen LogP contribution in [0, 0.1) is 23.4 Å². The Bertz CT molecular complexity index is 929. The van der Waals surface area contributed by atoms with Crippen LogP contribution in [0.2, 0.25) is 0 Å². The third-order valence-corrected chi connectivity index (χ3v) is 6.19. The molecule has 156 valence electrons. The van der Waals surface area contributed by atoms with E-state index in [9.17, 15) is 22.8 Å². The van der Waals surface area contributed by atoms with E-state index in [0.29, 0.717) is 23.8 Å². The summed E-state index contributed by atoms with van der Waals surface area (Å²) in [4.78, 5) is 28.5. The summed E-state index contributed by atoms with van der Waals surface area (Å²) in [5.41, 5.74) is 0.736. The number of rotatable bonds is 6. The highest BCUT2D eigenvalue weighted by atomic mass is 32.1. The van der Waals surface area contributed by atoms with Crippen LogP contribution in [0.25, 0.3) is 0 Å². The lowest BCUT2D eigenvalue weighted by molar-refractivity contribution is -0.116. The van der Waals surface area contributed by atoms with Crippen LogP contribution in [0.5, 0.6) is 0 Å². The van der Waals surface area contributed by atoms with Gasteiger partial charge in [0.1, 0.15) is 6.54 Å². The van der Waals surface area contributed by atoms with Crippen molar-refractivity contribution in [2.45, 2.75) is 39.5 Å². The number of carbonyl (C=O) groups excluding carboxylic acids is 2. The Hall–Kier alpha value is -2.35. The average Bonchev–Trinajstić information content (AvgIpc) is 3.10. The van der Waals surface area contributed by atoms with E-state index in [4.69, 9.17) is 0 Å². The Kier molecular flexibility index (Phi) is 6.62. The third-order valence-electron chi connectivity index (χ3n) is 4.96. The summed E-state index contributed by atoms with van der Waals surface area (Å²) in [5, 5.41) is 2.22. The molecular formula is C21H23F3N2O2S. The summed E-state index contributed by atoms with van der Waals surface area (Å²) in [6.45, 7) is 4.12. The predicted octanol–water partition coefficient (Wildman–Crippen LogP) is 4.78. The molecule has 0 spiro atoms. The van der Waals surface area contributed by atoms with Crippen molar-refractivity contribution in [1.29, 1.82) is 0 Å². The number of benzene rings is 1. The second-order valence-electron chi connectivity index (χ2n) is 7.40. The maximum atomic E-state index is 13.8. The van der Waals surface area contributed by atoms with E-state index < -0.39 is 29.0 Å². The molecule has 0 radical (unpaired) electrons. The van der Waals surface area contributed by atoms with E-state index >= 15 is 0 Å². The van der Waals surface area contributed by atoms with E-state index in [1.165, 1.54) is 26.7 Å². The number of nitrogens with zero attached hydrogens (tertiary/aromatic N) is 1. The standard InChI is InChI=1S/C21H23F3N2O2S/c1-3-8-26(11-18(27)25-15-6-5-14(22)19(23)20(15)24)21(28)17-10-13-9-12(2)4-7-16(13)29-17/h5-6,10,12H,3-4,7-9,11H2,1-2H3,(H,25,27). The van der Waals surface area contributed by atoms with Gasteiger partial charge in [0.15, 0.2) is 17.5 Å². The molecule has 2 aromatic rings. The number of aryl methyl sites for hydroxylation is 1. The quantitative estimate of drug-likeness (QED) is 0.679. The number of halogens is 3. The second-order valence-corrected chi connectivity index (χ2v) is 8.54. The Morgan fingerprint density at radius 1 is 1.24 bits per heavy atom. The van der Waals surface area contributed by atoms with Gasteiger partial charge in [-0.25, -0.2) is 13.2 Å². The van der Waals surface area contributed by atoms with Crippen LogP contribution in [0.15, 0.2) is 18.2 Å². The Morgan fingerprint density at radius 2 is 2.00 bits per heavy atom. The summed E-state index contributed by atoms with van der Waals surface area (Å²) in [5.74, 6) is -4.79. The molecule has 8 heteroatoms. The minimum Gasteiger partial charge on any atom is -0.329 e. The summed E-state index contributed by atoms with van der Waals surface area (Å²) >= 11 is 1.46. The fourth-order valence-corrected chi connectivity index (χ4v) is 4.65. The molecule has 1 aromatic carbocycles. The third kappa shape index (κ3) is 4.80. The minimum atomic E-state index is -1.65. The van der Waals surface area contributed by atoms with Crippen molar-refractivity contribution in [2.24, 2.45) is 5.92 Å². The van der Waals surface area contributed by atoms with Gasteiger partial charge in [-0.15, -0.1) is 11.3 Å². The second kappa shape index (κ2) is 8.98. The molecule has 29 heavy (non-hydrogen) atoms. The van der Waals surface area contributed by atoms with Crippen molar-refractivity contribution in [2.75, 3.05) is 18.4 Å². The molecule has 1 aliphatic carbocycles. The van der Waals surface area contributed by atoms with E-state index in [1.807, 2.05) is 13.0 Å². The molecule has 1 heterocycles. The van der Waals surface area contributed by atoms with Gasteiger partial charge in [-0.3, -0.25) is 9.59 Å². The van der Waals surface area contributed by atoms with Crippen molar-refractivity contribution in [3.63, 3.8) is 0 Å². The highest BCUT2D eigenvalue weighted by Crippen LogP contribution is 2.32. The molecule has 1 aromatic heterocycles. The lowest BCUT2D eigenvalue weighted by atomic mass is 9.90. The largest absolute Gasteiger partial charge is 0.329 e. The van der Waals surface area contributed by atoms with Crippen molar-refractivity contribution >= 4 is 28.8 Å². The predicted molar refractivity (Wildman–Crippen MR) is 107 cm³/mol. The van der Waals surface area contributed by atoms with E-state index in [0.717, 1.165) is 31.4 Å². The van der Waals surface area contributed by atoms with Crippen molar-refractivity contribution < 1.29 is 22.8 Å². The van der Waals surface area contributed by atoms with Crippen LogP contribution in [0.1, 0.15) is 46.8 Å². The molecule has 4 nitrogen and oxygen atoms in total. The molecule has 2 amide bonds. The van der Waals surface area contributed by atoms with Crippen LogP contribution in [0.3, 0.4) is 0 Å². The first-order chi connectivity index (χ1) is 13.8. The molecule has 0 aliphatic heterocycles. The number of thiophene rings is 1. The van der Waals surface area contributed by atoms with E-state index in [1.54, 1.807) is 0 Å². The lowest BCUT2D eigenvalue weighted by Gasteiger charge is -2.21. The molecule has 1 N–H and O–H groups in total. The van der Waals surface area contributed by atoms with Gasteiger partial charge in [0.2, 0.25) is 5.91 Å². The van der Waals surface area contributed by atoms with Crippen LogP contribution < -0.4 is 5.32 Å². The van der Waals surface area contributed by atoms with Gasteiger partial charge in [0.05, 0.1) is 10.6 Å². The number of fused-ring (bicyclic) bond motifs is 1. The zero-order valence-corrected chi connectivity index (χ0v) is 17.2. The van der Waals surface area contributed by atoms with Crippen molar-refractivity contribution in [1.82, 2.24) is 4.90 Å². The monoisotopic (exact) mass is 424 g/mol. The average molecular weight is 424 g/mol. The Labute approximate surface area is 171 Å². The maximum Gasteiger partial charge on any atom is 0.264 e. The molecule has 1 aliphatic rings. The zero-order chi connectivity index (χ0) is 21.1. The Balaban J connectivity index is 1.72. The van der Waals surface area contributed by atoms with Gasteiger partial charge >= 0.3 is 0 Å². The Morgan fingerprint density at radius 3 is 2.72 bits per heavy atom. The highest BCUT2D eigenvalue weighted by Gasteiger charge is 2.25. The summed E-state index contributed by atoms with van der Waals surface area (Å²) in [7, 11) is 0. The lowest BCUT2D eigenvalue weighted by Crippen LogP contribution is -2.38. The van der Waals surface area contributed by atoms with Crippen LogP contribution in [0.4, 0.5) is 18.9 Å². The van der Waals surface area contributed by atoms with Gasteiger partial charge < -0.3 is 10.2 Å². The minimum absolute atomic E-state index is 0.250. The molecule has 1 unspecified atom stereocenters. The molecule has 0 saturated heterocycles. The summed E-state index contributed by atoms with van der Waals surface area (Å²) < 4.78 is 40.2. The first kappa shape index (κ1) is 21.4. The molecule has 0 fully saturated rings. The number of hydrogen-bond acceptors (Lipinski definition) is 3. The number of amides is 2. The zero-order valence-electron chi connectivity index (χ0n) is 16.4. The van der Waals surface area contributed by atoms with Gasteiger partial charge in [-0.05, 0) is 55.4 Å². The maximum absolute atomic E-state index is 13.8. The van der Waals surface area contributed by atoms with Crippen LogP contribution in [-0.4, -0.2) is 29.8 Å².